The first-order valence-electron chi connectivity index (χ1n) is 5.85. The van der Waals surface area contributed by atoms with Gasteiger partial charge in [0.2, 0.25) is 0 Å². The van der Waals surface area contributed by atoms with Gasteiger partial charge in [-0.1, -0.05) is 36.4 Å². The number of benzene rings is 2. The van der Waals surface area contributed by atoms with E-state index in [1.54, 1.807) is 19.9 Å². The molecule has 0 unspecified atom stereocenters. The first-order valence-corrected chi connectivity index (χ1v) is 5.85. The maximum atomic E-state index is 11.4. The molecule has 0 bridgehead atoms. The molecule has 0 aliphatic rings. The molecule has 0 spiro atoms. The Morgan fingerprint density at radius 2 is 1.89 bits per heavy atom. The number of hydrogen-bond acceptors (Lipinski definition) is 3. The van der Waals surface area contributed by atoms with Gasteiger partial charge in [0.15, 0.2) is 6.29 Å². The molecule has 0 amide bonds. The van der Waals surface area contributed by atoms with Crippen molar-refractivity contribution < 1.29 is 19.4 Å². The van der Waals surface area contributed by atoms with Gasteiger partial charge in [-0.25, -0.2) is 4.79 Å². The fraction of sp³-hybridized carbons (Fsp3) is 0.200. The van der Waals surface area contributed by atoms with Crippen molar-refractivity contribution in [1.82, 2.24) is 0 Å². The van der Waals surface area contributed by atoms with Gasteiger partial charge < -0.3 is 9.84 Å². The molecular formula is C15H14O4. The zero-order chi connectivity index (χ0) is 14.0. The molecule has 0 aliphatic heterocycles. The zero-order valence-electron chi connectivity index (χ0n) is 10.7. The highest BCUT2D eigenvalue weighted by atomic mass is 16.7. The van der Waals surface area contributed by atoms with E-state index < -0.39 is 11.8 Å². The van der Waals surface area contributed by atoms with Gasteiger partial charge >= 0.3 is 6.16 Å². The second-order valence-corrected chi connectivity index (χ2v) is 4.74. The highest BCUT2D eigenvalue weighted by Crippen LogP contribution is 2.31. The second kappa shape index (κ2) is 4.72. The van der Waals surface area contributed by atoms with Crippen molar-refractivity contribution in [2.24, 2.45) is 0 Å². The van der Waals surface area contributed by atoms with E-state index in [0.29, 0.717) is 11.1 Å². The third-order valence-electron chi connectivity index (χ3n) is 3.08. The molecule has 0 aromatic heterocycles. The van der Waals surface area contributed by atoms with Crippen LogP contribution in [0.1, 0.15) is 29.8 Å². The number of fused-ring (bicyclic) bond motifs is 1. The molecule has 0 heterocycles. The summed E-state index contributed by atoms with van der Waals surface area (Å²) in [4.78, 5) is 22.1. The standard InChI is InChI=1S/C15H14O4/c1-15(2,19-14(17)18)13-8-7-10-5-3-4-6-11(10)12(13)9-16/h3-9H,1-2H3,(H,17,18). The smallest absolute Gasteiger partial charge is 0.450 e. The molecule has 2 aromatic carbocycles. The SMILES string of the molecule is CC(C)(OC(=O)O)c1ccc2ccccc2c1C=O. The van der Waals surface area contributed by atoms with Crippen LogP contribution in [0, 0.1) is 0 Å². The van der Waals surface area contributed by atoms with Gasteiger partial charge in [-0.3, -0.25) is 4.79 Å². The van der Waals surface area contributed by atoms with Crippen molar-refractivity contribution in [1.29, 1.82) is 0 Å². The average Bonchev–Trinajstić information content (AvgIpc) is 2.35. The summed E-state index contributed by atoms with van der Waals surface area (Å²) in [6, 6.07) is 11.0. The van der Waals surface area contributed by atoms with Crippen LogP contribution >= 0.6 is 0 Å². The van der Waals surface area contributed by atoms with Crippen LogP contribution in [0.4, 0.5) is 4.79 Å². The van der Waals surface area contributed by atoms with Gasteiger partial charge in [0, 0.05) is 11.1 Å². The number of hydrogen-bond donors (Lipinski definition) is 1. The van der Waals surface area contributed by atoms with Crippen LogP contribution in [-0.2, 0) is 10.3 Å². The first-order chi connectivity index (χ1) is 8.95. The second-order valence-electron chi connectivity index (χ2n) is 4.74. The van der Waals surface area contributed by atoms with E-state index in [1.165, 1.54) is 0 Å². The lowest BCUT2D eigenvalue weighted by molar-refractivity contribution is 0.000738. The van der Waals surface area contributed by atoms with Crippen molar-refractivity contribution in [3.05, 3.63) is 47.5 Å². The average molecular weight is 258 g/mol. The lowest BCUT2D eigenvalue weighted by Gasteiger charge is -2.25. The van der Waals surface area contributed by atoms with Crippen LogP contribution in [0.5, 0.6) is 0 Å². The van der Waals surface area contributed by atoms with E-state index in [4.69, 9.17) is 9.84 Å². The van der Waals surface area contributed by atoms with E-state index in [2.05, 4.69) is 0 Å². The lowest BCUT2D eigenvalue weighted by Crippen LogP contribution is -2.26. The molecule has 1 N–H and O–H groups in total. The van der Waals surface area contributed by atoms with Crippen molar-refractivity contribution in [2.45, 2.75) is 19.4 Å². The first kappa shape index (κ1) is 13.1. The van der Waals surface area contributed by atoms with E-state index in [0.717, 1.165) is 17.1 Å². The maximum absolute atomic E-state index is 11.4. The Balaban J connectivity index is 2.67. The molecule has 19 heavy (non-hydrogen) atoms. The summed E-state index contributed by atoms with van der Waals surface area (Å²) >= 11 is 0. The van der Waals surface area contributed by atoms with E-state index in [1.807, 2.05) is 30.3 Å². The number of carbonyl (C=O) groups excluding carboxylic acids is 1. The summed E-state index contributed by atoms with van der Waals surface area (Å²) in [5, 5.41) is 10.5. The van der Waals surface area contributed by atoms with Crippen molar-refractivity contribution in [3.8, 4) is 0 Å². The highest BCUT2D eigenvalue weighted by molar-refractivity contribution is 5.99. The quantitative estimate of drug-likeness (QED) is 0.675. The molecule has 0 fully saturated rings. The van der Waals surface area contributed by atoms with Crippen LogP contribution < -0.4 is 0 Å². The Kier molecular flexibility index (Phi) is 3.25. The normalized spacial score (nSPS) is 11.3. The van der Waals surface area contributed by atoms with Gasteiger partial charge in [0.25, 0.3) is 0 Å². The number of rotatable bonds is 3. The Morgan fingerprint density at radius 3 is 2.53 bits per heavy atom. The van der Waals surface area contributed by atoms with Crippen LogP contribution in [0.25, 0.3) is 10.8 Å². The highest BCUT2D eigenvalue weighted by Gasteiger charge is 2.28. The van der Waals surface area contributed by atoms with Crippen molar-refractivity contribution in [3.63, 3.8) is 0 Å². The summed E-state index contributed by atoms with van der Waals surface area (Å²) < 4.78 is 4.87. The third-order valence-corrected chi connectivity index (χ3v) is 3.08. The predicted molar refractivity (Wildman–Crippen MR) is 71.5 cm³/mol. The van der Waals surface area contributed by atoms with Gasteiger partial charge in [-0.2, -0.15) is 0 Å². The molecule has 2 aromatic rings. The van der Waals surface area contributed by atoms with E-state index >= 15 is 0 Å². The molecule has 98 valence electrons. The number of aldehydes is 1. The molecule has 4 heteroatoms. The van der Waals surface area contributed by atoms with Gasteiger partial charge in [-0.15, -0.1) is 0 Å². The fourth-order valence-corrected chi connectivity index (χ4v) is 2.22. The Bertz CT molecular complexity index is 644. The summed E-state index contributed by atoms with van der Waals surface area (Å²) in [5.41, 5.74) is -0.0560. The fourth-order valence-electron chi connectivity index (χ4n) is 2.22. The summed E-state index contributed by atoms with van der Waals surface area (Å²) in [6.07, 6.45) is -0.625. The minimum Gasteiger partial charge on any atom is -0.450 e. The Morgan fingerprint density at radius 1 is 1.21 bits per heavy atom. The molecule has 4 nitrogen and oxygen atoms in total. The zero-order valence-corrected chi connectivity index (χ0v) is 10.7. The van der Waals surface area contributed by atoms with Gasteiger partial charge in [0.1, 0.15) is 5.60 Å². The molecule has 2 rings (SSSR count). The minimum atomic E-state index is -1.37. The van der Waals surface area contributed by atoms with E-state index in [9.17, 15) is 9.59 Å². The van der Waals surface area contributed by atoms with E-state index in [-0.39, 0.29) is 0 Å². The number of ether oxygens (including phenoxy) is 1. The number of carboxylic acid groups (broad SMARTS) is 1. The van der Waals surface area contributed by atoms with Crippen LogP contribution in [-0.4, -0.2) is 17.5 Å². The monoisotopic (exact) mass is 258 g/mol. The molecule has 0 atom stereocenters. The Hall–Kier alpha value is -2.36. The minimum absolute atomic E-state index is 0.462. The molecule has 0 aliphatic carbocycles. The Labute approximate surface area is 110 Å². The molecular weight excluding hydrogens is 244 g/mol. The molecule has 0 radical (unpaired) electrons. The van der Waals surface area contributed by atoms with Crippen molar-refractivity contribution in [2.75, 3.05) is 0 Å². The summed E-state index contributed by atoms with van der Waals surface area (Å²) in [6.45, 7) is 3.25. The third kappa shape index (κ3) is 2.42. The van der Waals surface area contributed by atoms with Crippen molar-refractivity contribution >= 4 is 23.2 Å². The van der Waals surface area contributed by atoms with Crippen LogP contribution in [0.15, 0.2) is 36.4 Å². The summed E-state index contributed by atoms with van der Waals surface area (Å²) in [7, 11) is 0. The molecule has 0 saturated carbocycles. The molecule has 0 saturated heterocycles. The predicted octanol–water partition coefficient (Wildman–Crippen LogP) is 3.58. The lowest BCUT2D eigenvalue weighted by atomic mass is 9.90. The van der Waals surface area contributed by atoms with Crippen LogP contribution in [0.2, 0.25) is 0 Å². The van der Waals surface area contributed by atoms with Gasteiger partial charge in [0.05, 0.1) is 0 Å². The maximum Gasteiger partial charge on any atom is 0.506 e. The largest absolute Gasteiger partial charge is 0.506 e. The topological polar surface area (TPSA) is 63.6 Å². The summed E-state index contributed by atoms with van der Waals surface area (Å²) in [5.74, 6) is 0. The van der Waals surface area contributed by atoms with Crippen LogP contribution in [0.3, 0.4) is 0 Å². The van der Waals surface area contributed by atoms with Gasteiger partial charge in [-0.05, 0) is 24.6 Å². The number of carbonyl (C=O) groups is 2.